The lowest BCUT2D eigenvalue weighted by atomic mass is 9.86. The van der Waals surface area contributed by atoms with Crippen LogP contribution in [0.25, 0.3) is 43.8 Å². The molecule has 3 nitrogen and oxygen atoms in total. The molecule has 1 aromatic heterocycles. The van der Waals surface area contributed by atoms with Gasteiger partial charge in [-0.05, 0) is 76.6 Å². The highest BCUT2D eigenvalue weighted by Crippen LogP contribution is 2.34. The molecular formula is C26H21N3. The van der Waals surface area contributed by atoms with Gasteiger partial charge in [-0.15, -0.1) is 0 Å². The van der Waals surface area contributed by atoms with Crippen LogP contribution in [0.2, 0.25) is 0 Å². The number of hydrogen-bond acceptors (Lipinski definition) is 3. The first-order chi connectivity index (χ1) is 14.3. The van der Waals surface area contributed by atoms with Crippen LogP contribution < -0.4 is 5.73 Å². The van der Waals surface area contributed by atoms with Gasteiger partial charge in [0.05, 0.1) is 5.52 Å². The summed E-state index contributed by atoms with van der Waals surface area (Å²) in [5.74, 6) is 0.732. The molecule has 0 atom stereocenters. The van der Waals surface area contributed by atoms with Crippen LogP contribution in [0.4, 0.5) is 5.69 Å². The molecular weight excluding hydrogens is 354 g/mol. The molecule has 0 fully saturated rings. The van der Waals surface area contributed by atoms with Crippen molar-refractivity contribution >= 4 is 38.1 Å². The Balaban J connectivity index is 1.52. The third-order valence-corrected chi connectivity index (χ3v) is 6.27. The molecule has 3 heteroatoms. The monoisotopic (exact) mass is 375 g/mol. The predicted molar refractivity (Wildman–Crippen MR) is 121 cm³/mol. The van der Waals surface area contributed by atoms with Gasteiger partial charge in [-0.3, -0.25) is 0 Å². The molecule has 0 aliphatic heterocycles. The molecule has 0 bridgehead atoms. The van der Waals surface area contributed by atoms with Crippen LogP contribution in [0.15, 0.2) is 66.9 Å². The normalized spacial score (nSPS) is 13.8. The molecule has 0 amide bonds. The van der Waals surface area contributed by atoms with E-state index in [0.717, 1.165) is 22.3 Å². The van der Waals surface area contributed by atoms with Crippen LogP contribution in [0, 0.1) is 0 Å². The van der Waals surface area contributed by atoms with E-state index >= 15 is 0 Å². The van der Waals surface area contributed by atoms with E-state index in [0.29, 0.717) is 5.69 Å². The van der Waals surface area contributed by atoms with Crippen LogP contribution in [-0.4, -0.2) is 9.97 Å². The summed E-state index contributed by atoms with van der Waals surface area (Å²) in [5, 5.41) is 6.18. The van der Waals surface area contributed by atoms with Gasteiger partial charge in [-0.25, -0.2) is 9.97 Å². The number of rotatable bonds is 1. The lowest BCUT2D eigenvalue weighted by Gasteiger charge is -2.18. The average Bonchev–Trinajstić information content (AvgIpc) is 2.78. The van der Waals surface area contributed by atoms with Gasteiger partial charge in [0.25, 0.3) is 0 Å². The SMILES string of the molecule is Nc1cccc2nc(-c3ccc4c(ccc5c6c(ccc54)CCCC6)c3)ncc12. The first-order valence-electron chi connectivity index (χ1n) is 10.3. The second kappa shape index (κ2) is 6.28. The number of nitrogen functional groups attached to an aromatic ring is 1. The zero-order valence-corrected chi connectivity index (χ0v) is 16.2. The highest BCUT2D eigenvalue weighted by molar-refractivity contribution is 6.09. The molecule has 0 spiro atoms. The van der Waals surface area contributed by atoms with E-state index in [-0.39, 0.29) is 0 Å². The number of fused-ring (bicyclic) bond motifs is 6. The van der Waals surface area contributed by atoms with E-state index in [1.165, 1.54) is 52.8 Å². The Morgan fingerprint density at radius 1 is 0.759 bits per heavy atom. The molecule has 0 unspecified atom stereocenters. The standard InChI is InChI=1S/C26H21N3/c27-24-6-3-7-25-23(24)15-28-26(29-25)18-10-11-20-17(14-18)9-13-21-19-5-2-1-4-16(19)8-12-22(20)21/h3,6-15H,1-2,4-5,27H2. The minimum atomic E-state index is 0.711. The molecule has 1 aliphatic carbocycles. The highest BCUT2D eigenvalue weighted by atomic mass is 14.9. The smallest absolute Gasteiger partial charge is 0.159 e. The summed E-state index contributed by atoms with van der Waals surface area (Å²) in [6, 6.07) is 21.5. The van der Waals surface area contributed by atoms with Crippen molar-refractivity contribution in [1.82, 2.24) is 9.97 Å². The summed E-state index contributed by atoms with van der Waals surface area (Å²) in [4.78, 5) is 9.32. The van der Waals surface area contributed by atoms with Crippen LogP contribution in [0.1, 0.15) is 24.0 Å². The van der Waals surface area contributed by atoms with Crippen molar-refractivity contribution in [3.05, 3.63) is 78.0 Å². The summed E-state index contributed by atoms with van der Waals surface area (Å²) in [5.41, 5.74) is 11.7. The summed E-state index contributed by atoms with van der Waals surface area (Å²) in [6.07, 6.45) is 6.85. The molecule has 1 heterocycles. The Labute approximate surface area is 169 Å². The molecule has 6 rings (SSSR count). The van der Waals surface area contributed by atoms with E-state index in [1.807, 2.05) is 24.4 Å². The van der Waals surface area contributed by atoms with Crippen molar-refractivity contribution in [2.24, 2.45) is 0 Å². The summed E-state index contributed by atoms with van der Waals surface area (Å²) >= 11 is 0. The number of benzene rings is 4. The quantitative estimate of drug-likeness (QED) is 0.286. The highest BCUT2D eigenvalue weighted by Gasteiger charge is 2.14. The number of aryl methyl sites for hydroxylation is 2. The van der Waals surface area contributed by atoms with E-state index < -0.39 is 0 Å². The number of hydrogen-bond donors (Lipinski definition) is 1. The second-order valence-corrected chi connectivity index (χ2v) is 7.98. The Bertz CT molecular complexity index is 1420. The Morgan fingerprint density at radius 3 is 2.59 bits per heavy atom. The van der Waals surface area contributed by atoms with E-state index in [1.54, 1.807) is 5.56 Å². The van der Waals surface area contributed by atoms with Crippen LogP contribution in [0.3, 0.4) is 0 Å². The Hall–Kier alpha value is -3.46. The summed E-state index contributed by atoms with van der Waals surface area (Å²) in [6.45, 7) is 0. The molecule has 140 valence electrons. The maximum atomic E-state index is 6.04. The average molecular weight is 375 g/mol. The maximum Gasteiger partial charge on any atom is 0.159 e. The fraction of sp³-hybridized carbons (Fsp3) is 0.154. The van der Waals surface area contributed by atoms with Gasteiger partial charge in [0.15, 0.2) is 5.82 Å². The minimum absolute atomic E-state index is 0.711. The van der Waals surface area contributed by atoms with Crippen molar-refractivity contribution in [2.75, 3.05) is 5.73 Å². The van der Waals surface area contributed by atoms with Crippen LogP contribution >= 0.6 is 0 Å². The van der Waals surface area contributed by atoms with E-state index in [4.69, 9.17) is 10.7 Å². The van der Waals surface area contributed by atoms with E-state index in [2.05, 4.69) is 47.4 Å². The van der Waals surface area contributed by atoms with Gasteiger partial charge in [0, 0.05) is 22.8 Å². The van der Waals surface area contributed by atoms with Gasteiger partial charge < -0.3 is 5.73 Å². The predicted octanol–water partition coefficient (Wildman–Crippen LogP) is 6.06. The third kappa shape index (κ3) is 2.58. The largest absolute Gasteiger partial charge is 0.398 e. The number of anilines is 1. The van der Waals surface area contributed by atoms with Gasteiger partial charge in [0.2, 0.25) is 0 Å². The molecule has 1 aliphatic rings. The third-order valence-electron chi connectivity index (χ3n) is 6.27. The zero-order valence-electron chi connectivity index (χ0n) is 16.2. The minimum Gasteiger partial charge on any atom is -0.398 e. The molecule has 4 aromatic carbocycles. The second-order valence-electron chi connectivity index (χ2n) is 7.98. The maximum absolute atomic E-state index is 6.04. The Morgan fingerprint density at radius 2 is 1.62 bits per heavy atom. The van der Waals surface area contributed by atoms with Gasteiger partial charge >= 0.3 is 0 Å². The molecule has 0 saturated heterocycles. The summed E-state index contributed by atoms with van der Waals surface area (Å²) in [7, 11) is 0. The molecule has 0 saturated carbocycles. The van der Waals surface area contributed by atoms with Gasteiger partial charge in [-0.2, -0.15) is 0 Å². The Kier molecular flexibility index (Phi) is 3.57. The molecule has 0 radical (unpaired) electrons. The van der Waals surface area contributed by atoms with Crippen LogP contribution in [0.5, 0.6) is 0 Å². The lowest BCUT2D eigenvalue weighted by molar-refractivity contribution is 0.690. The fourth-order valence-corrected chi connectivity index (χ4v) is 4.76. The molecule has 29 heavy (non-hydrogen) atoms. The first kappa shape index (κ1) is 16.5. The van der Waals surface area contributed by atoms with Crippen molar-refractivity contribution in [3.8, 4) is 11.4 Å². The first-order valence-corrected chi connectivity index (χ1v) is 10.3. The van der Waals surface area contributed by atoms with E-state index in [9.17, 15) is 0 Å². The van der Waals surface area contributed by atoms with Crippen molar-refractivity contribution in [2.45, 2.75) is 25.7 Å². The summed E-state index contributed by atoms with van der Waals surface area (Å²) < 4.78 is 0. The lowest BCUT2D eigenvalue weighted by Crippen LogP contribution is -2.03. The topological polar surface area (TPSA) is 51.8 Å². The molecule has 2 N–H and O–H groups in total. The number of nitrogens with zero attached hydrogens (tertiary/aromatic N) is 2. The van der Waals surface area contributed by atoms with Crippen molar-refractivity contribution < 1.29 is 0 Å². The molecule has 5 aromatic rings. The van der Waals surface area contributed by atoms with Crippen molar-refractivity contribution in [1.29, 1.82) is 0 Å². The van der Waals surface area contributed by atoms with Crippen LogP contribution in [-0.2, 0) is 12.8 Å². The number of nitrogens with two attached hydrogens (primary N) is 1. The van der Waals surface area contributed by atoms with Crippen molar-refractivity contribution in [3.63, 3.8) is 0 Å². The van der Waals surface area contributed by atoms with Gasteiger partial charge in [0.1, 0.15) is 0 Å². The fourth-order valence-electron chi connectivity index (χ4n) is 4.76. The van der Waals surface area contributed by atoms with Gasteiger partial charge in [-0.1, -0.05) is 42.5 Å². The number of aromatic nitrogens is 2. The zero-order chi connectivity index (χ0) is 19.4.